The number of carbonyl (C=O) groups excluding carboxylic acids is 1. The monoisotopic (exact) mass is 424 g/mol. The number of anilines is 2. The Balaban J connectivity index is 1.43. The molecular formula is C23H32N6O2. The first-order valence-electron chi connectivity index (χ1n) is 11.1. The second-order valence-electron chi connectivity index (χ2n) is 8.45. The number of likely N-dealkylation sites (N-methyl/N-ethyl adjacent to an activating group) is 1. The average molecular weight is 425 g/mol. The lowest BCUT2D eigenvalue weighted by Gasteiger charge is -2.32. The summed E-state index contributed by atoms with van der Waals surface area (Å²) in [4.78, 5) is 27.9. The molecule has 8 heteroatoms. The smallest absolute Gasteiger partial charge is 0.320 e. The van der Waals surface area contributed by atoms with Gasteiger partial charge < -0.3 is 15.4 Å². The van der Waals surface area contributed by atoms with E-state index >= 15 is 0 Å². The van der Waals surface area contributed by atoms with Crippen LogP contribution in [-0.2, 0) is 24.3 Å². The Labute approximate surface area is 184 Å². The summed E-state index contributed by atoms with van der Waals surface area (Å²) in [6, 6.07) is 8.75. The lowest BCUT2D eigenvalue weighted by atomic mass is 10.1. The lowest BCUT2D eigenvalue weighted by Crippen LogP contribution is -2.43. The molecule has 8 nitrogen and oxygen atoms in total. The number of nitrogens with zero attached hydrogens (tertiary/aromatic N) is 5. The largest absolute Gasteiger partial charge is 0.463 e. The highest BCUT2D eigenvalue weighted by atomic mass is 16.5. The van der Waals surface area contributed by atoms with Gasteiger partial charge in [0.1, 0.15) is 11.6 Å². The van der Waals surface area contributed by atoms with Crippen molar-refractivity contribution in [1.29, 1.82) is 0 Å². The van der Waals surface area contributed by atoms with Gasteiger partial charge in [-0.1, -0.05) is 37.6 Å². The molecule has 0 radical (unpaired) electrons. The van der Waals surface area contributed by atoms with Crippen molar-refractivity contribution in [2.24, 2.45) is 0 Å². The van der Waals surface area contributed by atoms with Crippen LogP contribution in [-0.4, -0.2) is 65.5 Å². The van der Waals surface area contributed by atoms with E-state index in [1.807, 2.05) is 0 Å². The first-order chi connectivity index (χ1) is 15.0. The van der Waals surface area contributed by atoms with E-state index in [0.29, 0.717) is 30.4 Å². The third-order valence-corrected chi connectivity index (χ3v) is 5.98. The number of nitrogens with two attached hydrogens (primary N) is 1. The van der Waals surface area contributed by atoms with Gasteiger partial charge >= 0.3 is 6.01 Å². The molecule has 1 amide bonds. The maximum Gasteiger partial charge on any atom is 0.320 e. The summed E-state index contributed by atoms with van der Waals surface area (Å²) in [7, 11) is 2.17. The van der Waals surface area contributed by atoms with Crippen molar-refractivity contribution in [2.75, 3.05) is 50.5 Å². The van der Waals surface area contributed by atoms with Gasteiger partial charge in [0.05, 0.1) is 19.6 Å². The van der Waals surface area contributed by atoms with Crippen LogP contribution >= 0.6 is 0 Å². The fraction of sp³-hybridized carbons (Fsp3) is 0.522. The van der Waals surface area contributed by atoms with Gasteiger partial charge in [-0.3, -0.25) is 14.6 Å². The van der Waals surface area contributed by atoms with Crippen LogP contribution in [0.5, 0.6) is 6.01 Å². The number of piperazine rings is 1. The van der Waals surface area contributed by atoms with Crippen LogP contribution in [0, 0.1) is 0 Å². The van der Waals surface area contributed by atoms with E-state index in [0.717, 1.165) is 51.1 Å². The molecule has 31 heavy (non-hydrogen) atoms. The number of benzene rings is 1. The van der Waals surface area contributed by atoms with E-state index in [4.69, 9.17) is 10.5 Å². The maximum absolute atomic E-state index is 12.7. The molecule has 1 saturated heterocycles. The molecular weight excluding hydrogens is 392 g/mol. The molecule has 166 valence electrons. The molecule has 0 unspecified atom stereocenters. The Kier molecular flexibility index (Phi) is 6.67. The topological polar surface area (TPSA) is 87.8 Å². The Morgan fingerprint density at radius 3 is 2.39 bits per heavy atom. The predicted octanol–water partition coefficient (Wildman–Crippen LogP) is 2.07. The molecule has 2 N–H and O–H groups in total. The summed E-state index contributed by atoms with van der Waals surface area (Å²) < 4.78 is 5.63. The minimum absolute atomic E-state index is 0.0109. The summed E-state index contributed by atoms with van der Waals surface area (Å²) in [5, 5.41) is 0. The van der Waals surface area contributed by atoms with Gasteiger partial charge in [0.2, 0.25) is 5.91 Å². The van der Waals surface area contributed by atoms with E-state index in [2.05, 4.69) is 58.0 Å². The quantitative estimate of drug-likeness (QED) is 0.649. The van der Waals surface area contributed by atoms with Gasteiger partial charge in [0, 0.05) is 38.3 Å². The van der Waals surface area contributed by atoms with E-state index in [9.17, 15) is 4.79 Å². The second-order valence-corrected chi connectivity index (χ2v) is 8.45. The number of ether oxygens (including phenoxy) is 1. The third-order valence-electron chi connectivity index (χ3n) is 5.98. The van der Waals surface area contributed by atoms with Crippen LogP contribution in [0.25, 0.3) is 0 Å². The molecule has 2 aliphatic rings. The van der Waals surface area contributed by atoms with Crippen LogP contribution in [0.3, 0.4) is 0 Å². The third kappa shape index (κ3) is 5.14. The molecule has 0 spiro atoms. The molecule has 1 aromatic heterocycles. The van der Waals surface area contributed by atoms with E-state index in [1.54, 1.807) is 4.90 Å². The highest BCUT2D eigenvalue weighted by molar-refractivity contribution is 6.01. The fourth-order valence-electron chi connectivity index (χ4n) is 3.96. The molecule has 4 rings (SSSR count). The van der Waals surface area contributed by atoms with Crippen LogP contribution in [0.4, 0.5) is 11.6 Å². The maximum atomic E-state index is 12.7. The highest BCUT2D eigenvalue weighted by Gasteiger charge is 2.32. The van der Waals surface area contributed by atoms with Crippen molar-refractivity contribution in [1.82, 2.24) is 19.8 Å². The van der Waals surface area contributed by atoms with E-state index < -0.39 is 0 Å². The second kappa shape index (κ2) is 9.62. The Hall–Kier alpha value is -2.71. The number of aromatic nitrogens is 2. The van der Waals surface area contributed by atoms with Gasteiger partial charge in [-0.25, -0.2) is 0 Å². The molecule has 0 bridgehead atoms. The van der Waals surface area contributed by atoms with Crippen molar-refractivity contribution in [3.8, 4) is 6.01 Å². The molecule has 0 aliphatic carbocycles. The summed E-state index contributed by atoms with van der Waals surface area (Å²) in [6.45, 7) is 8.48. The van der Waals surface area contributed by atoms with Gasteiger partial charge in [-0.2, -0.15) is 9.97 Å². The average Bonchev–Trinajstić information content (AvgIpc) is 3.07. The fourth-order valence-corrected chi connectivity index (χ4v) is 3.96. The first-order valence-corrected chi connectivity index (χ1v) is 11.1. The summed E-state index contributed by atoms with van der Waals surface area (Å²) in [5.74, 6) is 0.892. The highest BCUT2D eigenvalue weighted by Crippen LogP contribution is 2.33. The predicted molar refractivity (Wildman–Crippen MR) is 121 cm³/mol. The lowest BCUT2D eigenvalue weighted by molar-refractivity contribution is -0.117. The van der Waals surface area contributed by atoms with E-state index in [-0.39, 0.29) is 18.3 Å². The normalized spacial score (nSPS) is 17.2. The van der Waals surface area contributed by atoms with Crippen molar-refractivity contribution >= 4 is 17.5 Å². The number of fused-ring (bicyclic) bond motifs is 1. The molecule has 3 heterocycles. The Morgan fingerprint density at radius 1 is 1.03 bits per heavy atom. The first kappa shape index (κ1) is 21.5. The Morgan fingerprint density at radius 2 is 1.71 bits per heavy atom. The van der Waals surface area contributed by atoms with Crippen molar-refractivity contribution in [2.45, 2.75) is 39.3 Å². The van der Waals surface area contributed by atoms with Crippen molar-refractivity contribution in [3.63, 3.8) is 0 Å². The van der Waals surface area contributed by atoms with Gasteiger partial charge in [-0.15, -0.1) is 0 Å². The molecule has 2 aliphatic heterocycles. The molecule has 2 aromatic rings. The zero-order valence-corrected chi connectivity index (χ0v) is 18.5. The molecule has 1 fully saturated rings. The van der Waals surface area contributed by atoms with Gasteiger partial charge in [0.15, 0.2) is 0 Å². The molecule has 1 aromatic carbocycles. The van der Waals surface area contributed by atoms with Crippen LogP contribution < -0.4 is 15.4 Å². The molecule has 0 atom stereocenters. The summed E-state index contributed by atoms with van der Waals surface area (Å²) >= 11 is 0. The number of hydrogen-bond donors (Lipinski definition) is 1. The van der Waals surface area contributed by atoms with Crippen LogP contribution in [0.1, 0.15) is 36.5 Å². The summed E-state index contributed by atoms with van der Waals surface area (Å²) in [5.41, 5.74) is 9.14. The zero-order valence-electron chi connectivity index (χ0n) is 18.5. The minimum atomic E-state index is -0.0109. The van der Waals surface area contributed by atoms with Crippen LogP contribution in [0.2, 0.25) is 0 Å². The number of amides is 1. The Bertz CT molecular complexity index is 909. The van der Waals surface area contributed by atoms with Crippen LogP contribution in [0.15, 0.2) is 24.3 Å². The van der Waals surface area contributed by atoms with Crippen molar-refractivity contribution in [3.05, 3.63) is 41.0 Å². The minimum Gasteiger partial charge on any atom is -0.463 e. The number of hydrogen-bond acceptors (Lipinski definition) is 7. The SMILES string of the molecule is CCCCOc1nc(N)c2c(n1)N(Cc1ccc(CN3CCN(C)CC3)cc1)C(=O)C2. The molecule has 0 saturated carbocycles. The van der Waals surface area contributed by atoms with Gasteiger partial charge in [0.25, 0.3) is 0 Å². The number of carbonyl (C=O) groups is 1. The summed E-state index contributed by atoms with van der Waals surface area (Å²) in [6.07, 6.45) is 2.18. The number of nitrogen functional groups attached to an aromatic ring is 1. The van der Waals surface area contributed by atoms with Gasteiger partial charge in [-0.05, 0) is 24.6 Å². The standard InChI is InChI=1S/C23H32N6O2/c1-3-4-13-31-23-25-21(24)19-14-20(30)29(22(19)26-23)16-18-7-5-17(6-8-18)15-28-11-9-27(2)10-12-28/h5-8H,3-4,9-16H2,1-2H3,(H2,24,25,26). The zero-order chi connectivity index (χ0) is 21.8. The van der Waals surface area contributed by atoms with Crippen molar-refractivity contribution < 1.29 is 9.53 Å². The number of rotatable bonds is 8. The van der Waals surface area contributed by atoms with E-state index in [1.165, 1.54) is 5.56 Å². The number of unbranched alkanes of at least 4 members (excludes halogenated alkanes) is 1.